The highest BCUT2D eigenvalue weighted by Crippen LogP contribution is 2.30. The van der Waals surface area contributed by atoms with Crippen LogP contribution in [-0.2, 0) is 9.53 Å². The largest absolute Gasteiger partial charge is 0.381 e. The van der Waals surface area contributed by atoms with E-state index < -0.39 is 0 Å². The molecule has 1 aromatic carbocycles. The van der Waals surface area contributed by atoms with Crippen molar-refractivity contribution in [3.8, 4) is 11.1 Å². The third-order valence-corrected chi connectivity index (χ3v) is 5.28. The van der Waals surface area contributed by atoms with Gasteiger partial charge in [-0.3, -0.25) is 9.78 Å². The number of pyridine rings is 1. The second kappa shape index (κ2) is 9.14. The van der Waals surface area contributed by atoms with Gasteiger partial charge < -0.3 is 10.1 Å². The van der Waals surface area contributed by atoms with E-state index >= 15 is 0 Å². The summed E-state index contributed by atoms with van der Waals surface area (Å²) >= 11 is 0. The number of hydrogen-bond acceptors (Lipinski definition) is 3. The van der Waals surface area contributed by atoms with Crippen molar-refractivity contribution in [2.75, 3.05) is 18.5 Å². The number of nitrogens with zero attached hydrogens (tertiary/aromatic N) is 1. The lowest BCUT2D eigenvalue weighted by atomic mass is 9.80. The number of benzene rings is 1. The molecule has 1 saturated heterocycles. The summed E-state index contributed by atoms with van der Waals surface area (Å²) in [6.45, 7) is 7.90. The van der Waals surface area contributed by atoms with Crippen molar-refractivity contribution in [1.29, 1.82) is 0 Å². The van der Waals surface area contributed by atoms with Gasteiger partial charge in [0.25, 0.3) is 0 Å². The summed E-state index contributed by atoms with van der Waals surface area (Å²) in [4.78, 5) is 17.2. The summed E-state index contributed by atoms with van der Waals surface area (Å²) in [7, 11) is 0. The highest BCUT2D eigenvalue weighted by molar-refractivity contribution is 5.93. The Balaban J connectivity index is 1.69. The van der Waals surface area contributed by atoms with E-state index in [4.69, 9.17) is 4.74 Å². The molecule has 0 aliphatic carbocycles. The molecule has 0 spiro atoms. The first-order valence-corrected chi connectivity index (χ1v) is 9.94. The van der Waals surface area contributed by atoms with Crippen molar-refractivity contribution in [3.05, 3.63) is 48.3 Å². The highest BCUT2D eigenvalue weighted by atomic mass is 16.5. The van der Waals surface area contributed by atoms with E-state index in [1.807, 2.05) is 31.3 Å². The third-order valence-electron chi connectivity index (χ3n) is 5.28. The van der Waals surface area contributed by atoms with E-state index in [0.717, 1.165) is 55.0 Å². The molecule has 0 radical (unpaired) electrons. The highest BCUT2D eigenvalue weighted by Gasteiger charge is 2.30. The number of aryl methyl sites for hydroxylation is 1. The van der Waals surface area contributed by atoms with Crippen LogP contribution in [0.2, 0.25) is 0 Å². The Labute approximate surface area is 162 Å². The van der Waals surface area contributed by atoms with Gasteiger partial charge in [0.1, 0.15) is 0 Å². The molecule has 1 fully saturated rings. The van der Waals surface area contributed by atoms with Crippen LogP contribution < -0.4 is 5.32 Å². The van der Waals surface area contributed by atoms with E-state index in [0.29, 0.717) is 11.8 Å². The smallest absolute Gasteiger partial charge is 0.227 e. The summed E-state index contributed by atoms with van der Waals surface area (Å²) in [5, 5.41) is 3.14. The van der Waals surface area contributed by atoms with E-state index in [1.165, 1.54) is 0 Å². The van der Waals surface area contributed by atoms with E-state index in [1.54, 1.807) is 0 Å². The van der Waals surface area contributed by atoms with Gasteiger partial charge in [-0.25, -0.2) is 0 Å². The molecule has 4 heteroatoms. The van der Waals surface area contributed by atoms with Crippen LogP contribution in [0.4, 0.5) is 5.69 Å². The molecule has 1 aliphatic heterocycles. The summed E-state index contributed by atoms with van der Waals surface area (Å²) < 4.78 is 5.48. The molecule has 1 aromatic heterocycles. The number of rotatable bonds is 6. The Morgan fingerprint density at radius 2 is 1.85 bits per heavy atom. The zero-order valence-corrected chi connectivity index (χ0v) is 16.6. The van der Waals surface area contributed by atoms with Gasteiger partial charge in [0, 0.05) is 36.7 Å². The Hall–Kier alpha value is -2.20. The minimum absolute atomic E-state index is 0.0522. The Bertz CT molecular complexity index is 749. The van der Waals surface area contributed by atoms with Crippen molar-refractivity contribution in [2.45, 2.75) is 40.0 Å². The molecule has 1 unspecified atom stereocenters. The number of carbonyl (C=O) groups is 1. The maximum absolute atomic E-state index is 13.0. The fraction of sp³-hybridized carbons (Fsp3) is 0.478. The Kier molecular flexibility index (Phi) is 6.62. The topological polar surface area (TPSA) is 51.2 Å². The van der Waals surface area contributed by atoms with Crippen molar-refractivity contribution < 1.29 is 9.53 Å². The van der Waals surface area contributed by atoms with Gasteiger partial charge in [-0.15, -0.1) is 0 Å². The molecule has 2 aromatic rings. The molecule has 1 N–H and O–H groups in total. The summed E-state index contributed by atoms with van der Waals surface area (Å²) in [5.74, 6) is 1.11. The quantitative estimate of drug-likeness (QED) is 0.775. The van der Waals surface area contributed by atoms with Gasteiger partial charge in [-0.1, -0.05) is 26.0 Å². The lowest BCUT2D eigenvalue weighted by molar-refractivity contribution is -0.123. The van der Waals surface area contributed by atoms with Gasteiger partial charge in [-0.05, 0) is 73.4 Å². The van der Waals surface area contributed by atoms with E-state index in [-0.39, 0.29) is 11.8 Å². The minimum atomic E-state index is 0.0522. The molecule has 1 amide bonds. The second-order valence-electron chi connectivity index (χ2n) is 7.94. The van der Waals surface area contributed by atoms with Crippen molar-refractivity contribution >= 4 is 11.6 Å². The zero-order valence-electron chi connectivity index (χ0n) is 16.6. The maximum atomic E-state index is 13.0. The first-order valence-electron chi connectivity index (χ1n) is 9.94. The predicted molar refractivity (Wildman–Crippen MR) is 110 cm³/mol. The molecule has 3 rings (SSSR count). The van der Waals surface area contributed by atoms with Crippen LogP contribution in [0.15, 0.2) is 42.6 Å². The average Bonchev–Trinajstić information content (AvgIpc) is 2.67. The monoisotopic (exact) mass is 366 g/mol. The van der Waals surface area contributed by atoms with Gasteiger partial charge in [-0.2, -0.15) is 0 Å². The second-order valence-corrected chi connectivity index (χ2v) is 7.94. The lowest BCUT2D eigenvalue weighted by Gasteiger charge is -2.30. The molecular formula is C23H30N2O2. The summed E-state index contributed by atoms with van der Waals surface area (Å²) in [6, 6.07) is 12.1. The average molecular weight is 367 g/mol. The number of nitrogens with one attached hydrogen (secondary N) is 1. The van der Waals surface area contributed by atoms with Crippen LogP contribution in [0.25, 0.3) is 11.1 Å². The Morgan fingerprint density at radius 3 is 2.48 bits per heavy atom. The SMILES string of the molecule is Cc1cc(-c2ccc(NC(=O)C(CC(C)C)C3CCOCC3)cc2)ccn1. The maximum Gasteiger partial charge on any atom is 0.227 e. The first kappa shape index (κ1) is 19.6. The van der Waals surface area contributed by atoms with Crippen LogP contribution in [0, 0.1) is 24.7 Å². The van der Waals surface area contributed by atoms with Crippen LogP contribution in [0.3, 0.4) is 0 Å². The Morgan fingerprint density at radius 1 is 1.15 bits per heavy atom. The van der Waals surface area contributed by atoms with Gasteiger partial charge in [0.05, 0.1) is 0 Å². The van der Waals surface area contributed by atoms with Crippen LogP contribution in [-0.4, -0.2) is 24.1 Å². The molecule has 0 bridgehead atoms. The lowest BCUT2D eigenvalue weighted by Crippen LogP contribution is -2.33. The standard InChI is InChI=1S/C23H30N2O2/c1-16(2)14-22(19-9-12-27-13-10-19)23(26)25-21-6-4-18(5-7-21)20-8-11-24-17(3)15-20/h4-8,11,15-16,19,22H,9-10,12-14H2,1-3H3,(H,25,26). The minimum Gasteiger partial charge on any atom is -0.381 e. The van der Waals surface area contributed by atoms with Crippen LogP contribution >= 0.6 is 0 Å². The van der Waals surface area contributed by atoms with Crippen molar-refractivity contribution in [3.63, 3.8) is 0 Å². The molecule has 1 aliphatic rings. The molecule has 2 heterocycles. The zero-order chi connectivity index (χ0) is 19.2. The number of hydrogen-bond donors (Lipinski definition) is 1. The van der Waals surface area contributed by atoms with Crippen LogP contribution in [0.5, 0.6) is 0 Å². The number of ether oxygens (including phenoxy) is 1. The van der Waals surface area contributed by atoms with Gasteiger partial charge in [0.2, 0.25) is 5.91 Å². The molecule has 4 nitrogen and oxygen atoms in total. The predicted octanol–water partition coefficient (Wildman–Crippen LogP) is 5.08. The molecule has 27 heavy (non-hydrogen) atoms. The summed E-state index contributed by atoms with van der Waals surface area (Å²) in [6.07, 6.45) is 4.70. The van der Waals surface area contributed by atoms with E-state index in [2.05, 4.69) is 42.3 Å². The number of anilines is 1. The molecule has 144 valence electrons. The third kappa shape index (κ3) is 5.39. The van der Waals surface area contributed by atoms with E-state index in [9.17, 15) is 4.79 Å². The number of carbonyl (C=O) groups excluding carboxylic acids is 1. The number of aromatic nitrogens is 1. The normalized spacial score (nSPS) is 16.3. The number of amides is 1. The van der Waals surface area contributed by atoms with Gasteiger partial charge in [0.15, 0.2) is 0 Å². The molecule has 0 saturated carbocycles. The fourth-order valence-corrected chi connectivity index (χ4v) is 3.85. The summed E-state index contributed by atoms with van der Waals surface area (Å²) in [5.41, 5.74) is 4.12. The fourth-order valence-electron chi connectivity index (χ4n) is 3.85. The molecular weight excluding hydrogens is 336 g/mol. The van der Waals surface area contributed by atoms with Crippen molar-refractivity contribution in [2.24, 2.45) is 17.8 Å². The van der Waals surface area contributed by atoms with Crippen LogP contribution in [0.1, 0.15) is 38.8 Å². The molecule has 1 atom stereocenters. The van der Waals surface area contributed by atoms with Gasteiger partial charge >= 0.3 is 0 Å². The van der Waals surface area contributed by atoms with Crippen molar-refractivity contribution in [1.82, 2.24) is 4.98 Å². The first-order chi connectivity index (χ1) is 13.0.